The van der Waals surface area contributed by atoms with Gasteiger partial charge in [0, 0.05) is 22.5 Å². The summed E-state index contributed by atoms with van der Waals surface area (Å²) >= 11 is 3.19. The summed E-state index contributed by atoms with van der Waals surface area (Å²) in [4.78, 5) is 25.8. The third-order valence-corrected chi connectivity index (χ3v) is 6.42. The van der Waals surface area contributed by atoms with E-state index < -0.39 is 0 Å². The van der Waals surface area contributed by atoms with Gasteiger partial charge in [-0.05, 0) is 45.4 Å². The van der Waals surface area contributed by atoms with E-state index in [4.69, 9.17) is 0 Å². The van der Waals surface area contributed by atoms with Gasteiger partial charge in [-0.25, -0.2) is 9.97 Å². The molecule has 0 radical (unpaired) electrons. The Morgan fingerprint density at radius 1 is 1.24 bits per heavy atom. The van der Waals surface area contributed by atoms with Crippen LogP contribution in [0, 0.1) is 13.8 Å². The Bertz CT molecular complexity index is 892. The van der Waals surface area contributed by atoms with Crippen LogP contribution in [0.4, 0.5) is 5.69 Å². The quantitative estimate of drug-likeness (QED) is 0.475. The van der Waals surface area contributed by atoms with E-state index in [-0.39, 0.29) is 11.2 Å². The lowest BCUT2D eigenvalue weighted by Crippen LogP contribution is -2.36. The Morgan fingerprint density at radius 2 is 1.96 bits per heavy atom. The van der Waals surface area contributed by atoms with Crippen molar-refractivity contribution >= 4 is 44.9 Å². The second kappa shape index (κ2) is 7.54. The monoisotopic (exact) mass is 371 g/mol. The molecular weight excluding hydrogens is 350 g/mol. The van der Waals surface area contributed by atoms with Gasteiger partial charge in [0.05, 0.1) is 5.25 Å². The van der Waals surface area contributed by atoms with Crippen LogP contribution in [0.5, 0.6) is 0 Å². The Labute approximate surface area is 156 Å². The van der Waals surface area contributed by atoms with E-state index in [9.17, 15) is 4.79 Å². The van der Waals surface area contributed by atoms with E-state index in [0.29, 0.717) is 6.54 Å². The number of thiophene rings is 1. The second-order valence-electron chi connectivity index (χ2n) is 5.82. The zero-order chi connectivity index (χ0) is 18.0. The molecule has 6 heteroatoms. The number of aryl methyl sites for hydroxylation is 2. The Morgan fingerprint density at radius 3 is 2.64 bits per heavy atom. The lowest BCUT2D eigenvalue weighted by Gasteiger charge is -2.24. The van der Waals surface area contributed by atoms with Crippen LogP contribution >= 0.6 is 23.1 Å². The average Bonchev–Trinajstić information content (AvgIpc) is 2.91. The highest BCUT2D eigenvalue weighted by atomic mass is 32.2. The van der Waals surface area contributed by atoms with E-state index in [0.717, 1.165) is 20.9 Å². The number of carbonyl (C=O) groups excluding carboxylic acids is 1. The first-order valence-corrected chi connectivity index (χ1v) is 9.96. The largest absolute Gasteiger partial charge is 0.312 e. The summed E-state index contributed by atoms with van der Waals surface area (Å²) < 4.78 is 0. The summed E-state index contributed by atoms with van der Waals surface area (Å²) in [6, 6.07) is 9.80. The second-order valence-corrected chi connectivity index (χ2v) is 8.35. The van der Waals surface area contributed by atoms with Gasteiger partial charge in [0.2, 0.25) is 5.91 Å². The molecule has 1 aromatic carbocycles. The molecule has 0 aliphatic rings. The van der Waals surface area contributed by atoms with Crippen LogP contribution in [-0.2, 0) is 4.79 Å². The first kappa shape index (κ1) is 17.9. The van der Waals surface area contributed by atoms with E-state index in [1.54, 1.807) is 17.7 Å². The number of thioether (sulfide) groups is 1. The fourth-order valence-electron chi connectivity index (χ4n) is 2.75. The van der Waals surface area contributed by atoms with Crippen LogP contribution in [0.3, 0.4) is 0 Å². The molecule has 2 aromatic heterocycles. The molecular formula is C19H21N3OS2. The van der Waals surface area contributed by atoms with Crippen molar-refractivity contribution in [2.45, 2.75) is 38.0 Å². The maximum Gasteiger partial charge on any atom is 0.240 e. The maximum absolute atomic E-state index is 13.0. The molecule has 130 valence electrons. The summed E-state index contributed by atoms with van der Waals surface area (Å²) in [5.41, 5.74) is 2.14. The van der Waals surface area contributed by atoms with Gasteiger partial charge in [0.1, 0.15) is 16.2 Å². The molecule has 0 fully saturated rings. The summed E-state index contributed by atoms with van der Waals surface area (Å²) in [6.07, 6.45) is 1.59. The Kier molecular flexibility index (Phi) is 5.39. The molecule has 3 aromatic rings. The van der Waals surface area contributed by atoms with Crippen molar-refractivity contribution in [1.29, 1.82) is 0 Å². The highest BCUT2D eigenvalue weighted by Crippen LogP contribution is 2.36. The number of benzene rings is 1. The smallest absolute Gasteiger partial charge is 0.240 e. The number of anilines is 1. The molecule has 3 rings (SSSR count). The van der Waals surface area contributed by atoms with Crippen molar-refractivity contribution in [2.24, 2.45) is 0 Å². The number of hydrogen-bond acceptors (Lipinski definition) is 5. The first-order chi connectivity index (χ1) is 12.0. The highest BCUT2D eigenvalue weighted by Gasteiger charge is 2.24. The minimum absolute atomic E-state index is 0.0927. The molecule has 1 atom stereocenters. The van der Waals surface area contributed by atoms with Crippen molar-refractivity contribution in [3.63, 3.8) is 0 Å². The third kappa shape index (κ3) is 3.55. The Hall–Kier alpha value is -1.92. The maximum atomic E-state index is 13.0. The topological polar surface area (TPSA) is 46.1 Å². The molecule has 0 aliphatic carbocycles. The van der Waals surface area contributed by atoms with Crippen molar-refractivity contribution in [3.8, 4) is 0 Å². The number of fused-ring (bicyclic) bond motifs is 1. The summed E-state index contributed by atoms with van der Waals surface area (Å²) in [7, 11) is 0. The van der Waals surface area contributed by atoms with Gasteiger partial charge in [0.25, 0.3) is 0 Å². The minimum atomic E-state index is -0.224. The zero-order valence-electron chi connectivity index (χ0n) is 14.8. The number of aromatic nitrogens is 2. The summed E-state index contributed by atoms with van der Waals surface area (Å²) in [6.45, 7) is 8.78. The van der Waals surface area contributed by atoms with Gasteiger partial charge >= 0.3 is 0 Å². The van der Waals surface area contributed by atoms with Gasteiger partial charge in [-0.2, -0.15) is 0 Å². The number of hydrogen-bond donors (Lipinski definition) is 0. The predicted molar refractivity (Wildman–Crippen MR) is 107 cm³/mol. The fraction of sp³-hybridized carbons (Fsp3) is 0.316. The SMILES string of the molecule is CCN(C(=O)C(C)Sc1ncnc2sc(C)c(C)c12)c1ccccc1. The van der Waals surface area contributed by atoms with Crippen molar-refractivity contribution in [1.82, 2.24) is 9.97 Å². The van der Waals surface area contributed by atoms with Gasteiger partial charge in [0.15, 0.2) is 0 Å². The van der Waals surface area contributed by atoms with E-state index in [1.807, 2.05) is 49.1 Å². The Balaban J connectivity index is 1.87. The van der Waals surface area contributed by atoms with E-state index >= 15 is 0 Å². The third-order valence-electron chi connectivity index (χ3n) is 4.22. The molecule has 0 saturated carbocycles. The van der Waals surface area contributed by atoms with Crippen LogP contribution in [0.15, 0.2) is 41.7 Å². The molecule has 0 aliphatic heterocycles. The fourth-order valence-corrected chi connectivity index (χ4v) is 4.85. The molecule has 2 heterocycles. The number of carbonyl (C=O) groups is 1. The molecule has 4 nitrogen and oxygen atoms in total. The molecule has 0 spiro atoms. The normalized spacial score (nSPS) is 12.3. The number of para-hydroxylation sites is 1. The van der Waals surface area contributed by atoms with Gasteiger partial charge in [-0.15, -0.1) is 11.3 Å². The summed E-state index contributed by atoms with van der Waals surface area (Å²) in [5, 5.41) is 1.74. The molecule has 0 bridgehead atoms. The standard InChI is InChI=1S/C19H21N3OS2/c1-5-22(15-9-7-6-8-10-15)19(23)14(4)25-18-16-12(2)13(3)24-17(16)20-11-21-18/h6-11,14H,5H2,1-4H3. The predicted octanol–water partition coefficient (Wildman–Crippen LogP) is 4.84. The van der Waals surface area contributed by atoms with Gasteiger partial charge < -0.3 is 4.90 Å². The van der Waals surface area contributed by atoms with Gasteiger partial charge in [-0.3, -0.25) is 4.79 Å². The minimum Gasteiger partial charge on any atom is -0.312 e. The number of amides is 1. The molecule has 0 saturated heterocycles. The van der Waals surface area contributed by atoms with E-state index in [2.05, 4.69) is 23.8 Å². The molecule has 1 amide bonds. The summed E-state index contributed by atoms with van der Waals surface area (Å²) in [5.74, 6) is 0.0927. The van der Waals surface area contributed by atoms with E-state index in [1.165, 1.54) is 22.2 Å². The zero-order valence-corrected chi connectivity index (χ0v) is 16.4. The van der Waals surface area contributed by atoms with Crippen LogP contribution < -0.4 is 4.90 Å². The molecule has 25 heavy (non-hydrogen) atoms. The van der Waals surface area contributed by atoms with Crippen molar-refractivity contribution in [2.75, 3.05) is 11.4 Å². The number of nitrogens with zero attached hydrogens (tertiary/aromatic N) is 3. The van der Waals surface area contributed by atoms with Gasteiger partial charge in [-0.1, -0.05) is 30.0 Å². The molecule has 0 N–H and O–H groups in total. The lowest BCUT2D eigenvalue weighted by molar-refractivity contribution is -0.117. The lowest BCUT2D eigenvalue weighted by atomic mass is 10.2. The van der Waals surface area contributed by atoms with Crippen LogP contribution in [0.1, 0.15) is 24.3 Å². The average molecular weight is 372 g/mol. The van der Waals surface area contributed by atoms with Crippen molar-refractivity contribution < 1.29 is 4.79 Å². The first-order valence-electron chi connectivity index (χ1n) is 8.26. The highest BCUT2D eigenvalue weighted by molar-refractivity contribution is 8.00. The van der Waals surface area contributed by atoms with Crippen LogP contribution in [-0.4, -0.2) is 27.7 Å². The number of rotatable bonds is 5. The van der Waals surface area contributed by atoms with Crippen LogP contribution in [0.25, 0.3) is 10.2 Å². The van der Waals surface area contributed by atoms with Crippen molar-refractivity contribution in [3.05, 3.63) is 47.1 Å². The van der Waals surface area contributed by atoms with Crippen LogP contribution in [0.2, 0.25) is 0 Å². The molecule has 1 unspecified atom stereocenters.